The first-order chi connectivity index (χ1) is 10.1. The maximum absolute atomic E-state index is 12.2. The second-order valence-electron chi connectivity index (χ2n) is 5.40. The average Bonchev–Trinajstić information content (AvgIpc) is 2.53. The van der Waals surface area contributed by atoms with Gasteiger partial charge in [-0.3, -0.25) is 4.79 Å². The molecular formula is C16H22ClNO3. The van der Waals surface area contributed by atoms with Crippen LogP contribution in [0.3, 0.4) is 0 Å². The van der Waals surface area contributed by atoms with Gasteiger partial charge in [0.1, 0.15) is 0 Å². The summed E-state index contributed by atoms with van der Waals surface area (Å²) in [7, 11) is 3.13. The molecule has 0 unspecified atom stereocenters. The van der Waals surface area contributed by atoms with Crippen molar-refractivity contribution in [1.29, 1.82) is 0 Å². The lowest BCUT2D eigenvalue weighted by Gasteiger charge is -2.25. The Labute approximate surface area is 130 Å². The molecule has 1 aromatic rings. The monoisotopic (exact) mass is 311 g/mol. The van der Waals surface area contributed by atoms with Crippen LogP contribution in [0.25, 0.3) is 0 Å². The van der Waals surface area contributed by atoms with Crippen molar-refractivity contribution in [2.75, 3.05) is 20.8 Å². The molecule has 0 spiro atoms. The van der Waals surface area contributed by atoms with E-state index in [-0.39, 0.29) is 5.91 Å². The molecule has 5 heteroatoms. The Hall–Kier alpha value is -1.42. The normalized spacial score (nSPS) is 21.7. The maximum Gasteiger partial charge on any atom is 0.251 e. The zero-order valence-corrected chi connectivity index (χ0v) is 13.3. The minimum Gasteiger partial charge on any atom is -0.493 e. The number of nitrogens with one attached hydrogen (secondary N) is 1. The van der Waals surface area contributed by atoms with E-state index >= 15 is 0 Å². The van der Waals surface area contributed by atoms with Crippen LogP contribution in [0.1, 0.15) is 36.0 Å². The number of halogens is 1. The Morgan fingerprint density at radius 2 is 1.86 bits per heavy atom. The van der Waals surface area contributed by atoms with E-state index in [1.807, 2.05) is 0 Å². The summed E-state index contributed by atoms with van der Waals surface area (Å²) in [5.74, 6) is 1.63. The largest absolute Gasteiger partial charge is 0.493 e. The van der Waals surface area contributed by atoms with Crippen LogP contribution in [0.15, 0.2) is 18.2 Å². The van der Waals surface area contributed by atoms with Crippen molar-refractivity contribution in [1.82, 2.24) is 5.32 Å². The predicted molar refractivity (Wildman–Crippen MR) is 83.5 cm³/mol. The molecule has 1 saturated carbocycles. The smallest absolute Gasteiger partial charge is 0.251 e. The summed E-state index contributed by atoms with van der Waals surface area (Å²) in [4.78, 5) is 12.2. The number of methoxy groups -OCH3 is 2. The molecule has 0 aromatic heterocycles. The fraction of sp³-hybridized carbons (Fsp3) is 0.562. The van der Waals surface area contributed by atoms with E-state index in [0.29, 0.717) is 34.9 Å². The Morgan fingerprint density at radius 1 is 1.19 bits per heavy atom. The van der Waals surface area contributed by atoms with Crippen molar-refractivity contribution in [3.05, 3.63) is 23.8 Å². The van der Waals surface area contributed by atoms with Gasteiger partial charge in [0.05, 0.1) is 14.2 Å². The highest BCUT2D eigenvalue weighted by molar-refractivity contribution is 6.20. The fourth-order valence-electron chi connectivity index (χ4n) is 2.64. The van der Waals surface area contributed by atoms with Crippen molar-refractivity contribution >= 4 is 17.5 Å². The third-order valence-electron chi connectivity index (χ3n) is 3.97. The van der Waals surface area contributed by atoms with Gasteiger partial charge in [-0.2, -0.15) is 0 Å². The summed E-state index contributed by atoms with van der Waals surface area (Å²) >= 11 is 6.09. The lowest BCUT2D eigenvalue weighted by atomic mass is 9.89. The first-order valence-corrected chi connectivity index (χ1v) is 7.72. The topological polar surface area (TPSA) is 47.6 Å². The van der Waals surface area contributed by atoms with E-state index in [9.17, 15) is 4.79 Å². The number of ether oxygens (including phenoxy) is 2. The van der Waals surface area contributed by atoms with Crippen molar-refractivity contribution in [3.8, 4) is 11.5 Å². The summed E-state index contributed by atoms with van der Waals surface area (Å²) in [6, 6.07) is 5.18. The van der Waals surface area contributed by atoms with Gasteiger partial charge in [0.15, 0.2) is 11.5 Å². The Balaban J connectivity index is 1.91. The number of hydrogen-bond acceptors (Lipinski definition) is 3. The van der Waals surface area contributed by atoms with Gasteiger partial charge in [0, 0.05) is 17.5 Å². The van der Waals surface area contributed by atoms with Crippen LogP contribution < -0.4 is 14.8 Å². The number of amides is 1. The molecule has 4 nitrogen and oxygen atoms in total. The zero-order valence-electron chi connectivity index (χ0n) is 12.5. The van der Waals surface area contributed by atoms with Gasteiger partial charge in [-0.15, -0.1) is 11.6 Å². The average molecular weight is 312 g/mol. The molecule has 1 aliphatic carbocycles. The van der Waals surface area contributed by atoms with E-state index in [1.54, 1.807) is 32.4 Å². The van der Waals surface area contributed by atoms with Gasteiger partial charge in [-0.05, 0) is 49.8 Å². The molecular weight excluding hydrogens is 290 g/mol. The predicted octanol–water partition coefficient (Wildman–Crippen LogP) is 3.23. The van der Waals surface area contributed by atoms with E-state index in [0.717, 1.165) is 25.7 Å². The van der Waals surface area contributed by atoms with Crippen molar-refractivity contribution in [3.63, 3.8) is 0 Å². The molecule has 0 aliphatic heterocycles. The van der Waals surface area contributed by atoms with Crippen LogP contribution in [0.4, 0.5) is 0 Å². The minimum absolute atomic E-state index is 0.0797. The van der Waals surface area contributed by atoms with Crippen LogP contribution in [0, 0.1) is 5.92 Å². The maximum atomic E-state index is 12.2. The molecule has 1 aliphatic rings. The standard InChI is InChI=1S/C16H22ClNO3/c1-20-14-8-5-12(9-15(14)21-2)16(19)18-10-11-3-6-13(17)7-4-11/h5,8-9,11,13H,3-4,6-7,10H2,1-2H3,(H,18,19). The molecule has 1 aromatic carbocycles. The zero-order chi connectivity index (χ0) is 15.2. The summed E-state index contributed by atoms with van der Waals surface area (Å²) < 4.78 is 10.4. The van der Waals surface area contributed by atoms with Gasteiger partial charge in [0.25, 0.3) is 5.91 Å². The quantitative estimate of drug-likeness (QED) is 0.849. The lowest BCUT2D eigenvalue weighted by molar-refractivity contribution is 0.0943. The van der Waals surface area contributed by atoms with E-state index in [1.165, 1.54) is 0 Å². The third kappa shape index (κ3) is 4.27. The van der Waals surface area contributed by atoms with E-state index in [2.05, 4.69) is 5.32 Å². The van der Waals surface area contributed by atoms with Gasteiger partial charge in [-0.25, -0.2) is 0 Å². The second-order valence-corrected chi connectivity index (χ2v) is 6.02. The molecule has 0 atom stereocenters. The summed E-state index contributed by atoms with van der Waals surface area (Å²) in [5, 5.41) is 3.30. The molecule has 1 amide bonds. The van der Waals surface area contributed by atoms with E-state index < -0.39 is 0 Å². The van der Waals surface area contributed by atoms with Crippen LogP contribution in [-0.2, 0) is 0 Å². The Morgan fingerprint density at radius 3 is 2.48 bits per heavy atom. The highest BCUT2D eigenvalue weighted by Crippen LogP contribution is 2.28. The first kappa shape index (κ1) is 16.0. The van der Waals surface area contributed by atoms with E-state index in [4.69, 9.17) is 21.1 Å². The second kappa shape index (κ2) is 7.55. The molecule has 116 valence electrons. The molecule has 0 saturated heterocycles. The molecule has 1 fully saturated rings. The number of hydrogen-bond donors (Lipinski definition) is 1. The van der Waals surface area contributed by atoms with Crippen LogP contribution in [0.2, 0.25) is 0 Å². The van der Waals surface area contributed by atoms with Crippen LogP contribution >= 0.6 is 11.6 Å². The Bertz CT molecular complexity index is 484. The number of benzene rings is 1. The molecule has 0 radical (unpaired) electrons. The fourth-order valence-corrected chi connectivity index (χ4v) is 2.89. The molecule has 1 N–H and O–H groups in total. The number of alkyl halides is 1. The summed E-state index contributed by atoms with van der Waals surface area (Å²) in [5.41, 5.74) is 0.582. The Kier molecular flexibility index (Phi) is 5.74. The molecule has 0 heterocycles. The molecule has 2 rings (SSSR count). The van der Waals surface area contributed by atoms with Gasteiger partial charge in [0.2, 0.25) is 0 Å². The number of rotatable bonds is 5. The van der Waals surface area contributed by atoms with Crippen molar-refractivity contribution in [2.45, 2.75) is 31.1 Å². The SMILES string of the molecule is COc1ccc(C(=O)NCC2CCC(Cl)CC2)cc1OC. The van der Waals surface area contributed by atoms with Crippen molar-refractivity contribution < 1.29 is 14.3 Å². The number of carbonyl (C=O) groups excluding carboxylic acids is 1. The van der Waals surface area contributed by atoms with Crippen molar-refractivity contribution in [2.24, 2.45) is 5.92 Å². The van der Waals surface area contributed by atoms with Crippen LogP contribution in [-0.4, -0.2) is 32.0 Å². The highest BCUT2D eigenvalue weighted by Gasteiger charge is 2.20. The highest BCUT2D eigenvalue weighted by atomic mass is 35.5. The summed E-state index contributed by atoms with van der Waals surface area (Å²) in [6.07, 6.45) is 4.25. The van der Waals surface area contributed by atoms with Gasteiger partial charge >= 0.3 is 0 Å². The molecule has 0 bridgehead atoms. The van der Waals surface area contributed by atoms with Gasteiger partial charge < -0.3 is 14.8 Å². The number of carbonyl (C=O) groups is 1. The first-order valence-electron chi connectivity index (χ1n) is 7.28. The lowest BCUT2D eigenvalue weighted by Crippen LogP contribution is -2.31. The van der Waals surface area contributed by atoms with Crippen LogP contribution in [0.5, 0.6) is 11.5 Å². The van der Waals surface area contributed by atoms with Gasteiger partial charge in [-0.1, -0.05) is 0 Å². The molecule has 21 heavy (non-hydrogen) atoms. The minimum atomic E-state index is -0.0797. The third-order valence-corrected chi connectivity index (χ3v) is 4.41. The summed E-state index contributed by atoms with van der Waals surface area (Å²) in [6.45, 7) is 0.705.